The maximum atomic E-state index is 13.2. The minimum absolute atomic E-state index is 0.0601. The van der Waals surface area contributed by atoms with Crippen LogP contribution in [0, 0.1) is 6.92 Å². The molecule has 0 atom stereocenters. The summed E-state index contributed by atoms with van der Waals surface area (Å²) in [5, 5.41) is 0.841. The number of carbonyl (C=O) groups excluding carboxylic acids is 1. The summed E-state index contributed by atoms with van der Waals surface area (Å²) in [4.78, 5) is 19.5. The topological polar surface area (TPSA) is 69.1 Å². The Bertz CT molecular complexity index is 1250. The number of nitrogens with two attached hydrogens (primary N) is 1. The number of aryl methyl sites for hydroxylation is 2. The van der Waals surface area contributed by atoms with E-state index in [4.69, 9.17) is 15.1 Å². The smallest absolute Gasteiger partial charge is 0.205 e. The van der Waals surface area contributed by atoms with E-state index in [1.165, 1.54) is 16.9 Å². The number of ketones is 1. The second-order valence-electron chi connectivity index (χ2n) is 7.44. The van der Waals surface area contributed by atoms with Gasteiger partial charge in [-0.1, -0.05) is 29.8 Å². The number of hydrogen-bond donors (Lipinski definition) is 1. The molecule has 2 N–H and O–H groups in total. The lowest BCUT2D eigenvalue weighted by Crippen LogP contribution is -2.07. The molecule has 1 aliphatic carbocycles. The number of aromatic nitrogens is 1. The van der Waals surface area contributed by atoms with Gasteiger partial charge in [-0.05, 0) is 66.2 Å². The largest absolute Gasteiger partial charge is 0.449 e. The molecule has 3 heterocycles. The van der Waals surface area contributed by atoms with Crippen LogP contribution in [0.5, 0.6) is 0 Å². The summed E-state index contributed by atoms with van der Waals surface area (Å²) in [7, 11) is 0. The molecule has 0 radical (unpaired) electrons. The van der Waals surface area contributed by atoms with Crippen LogP contribution in [0.3, 0.4) is 0 Å². The summed E-state index contributed by atoms with van der Waals surface area (Å²) in [6, 6.07) is 11.4. The van der Waals surface area contributed by atoms with Crippen LogP contribution >= 0.6 is 27.3 Å². The van der Waals surface area contributed by atoms with Gasteiger partial charge in [0.2, 0.25) is 5.78 Å². The zero-order valence-electron chi connectivity index (χ0n) is 15.9. The Labute approximate surface area is 180 Å². The highest BCUT2D eigenvalue weighted by atomic mass is 79.9. The second kappa shape index (κ2) is 7.11. The third-order valence-corrected chi connectivity index (χ3v) is 7.02. The molecule has 0 spiro atoms. The third-order valence-electron chi connectivity index (χ3n) is 5.49. The molecule has 4 nitrogen and oxygen atoms in total. The molecule has 6 heteroatoms. The highest BCUT2D eigenvalue weighted by Gasteiger charge is 2.27. The first-order chi connectivity index (χ1) is 14.0. The van der Waals surface area contributed by atoms with Gasteiger partial charge in [0.1, 0.15) is 15.5 Å². The zero-order chi connectivity index (χ0) is 20.1. The molecule has 0 aliphatic heterocycles. The van der Waals surface area contributed by atoms with Crippen LogP contribution in [-0.4, -0.2) is 10.8 Å². The first kappa shape index (κ1) is 18.6. The lowest BCUT2D eigenvalue weighted by atomic mass is 9.89. The molecule has 0 saturated carbocycles. The molecule has 0 fully saturated rings. The monoisotopic (exact) mass is 466 g/mol. The van der Waals surface area contributed by atoms with E-state index in [9.17, 15) is 4.79 Å². The fourth-order valence-electron chi connectivity index (χ4n) is 4.03. The van der Waals surface area contributed by atoms with Gasteiger partial charge in [0.15, 0.2) is 4.67 Å². The maximum Gasteiger partial charge on any atom is 0.205 e. The molecule has 0 amide bonds. The van der Waals surface area contributed by atoms with Gasteiger partial charge < -0.3 is 10.2 Å². The number of anilines is 1. The number of fused-ring (bicyclic) bond motifs is 2. The molecule has 5 rings (SSSR count). The quantitative estimate of drug-likeness (QED) is 0.358. The van der Waals surface area contributed by atoms with E-state index in [1.54, 1.807) is 0 Å². The van der Waals surface area contributed by atoms with Crippen LogP contribution in [0.4, 0.5) is 5.69 Å². The fraction of sp³-hybridized carbons (Fsp3) is 0.217. The van der Waals surface area contributed by atoms with Crippen molar-refractivity contribution in [3.63, 3.8) is 0 Å². The van der Waals surface area contributed by atoms with Crippen LogP contribution in [0.25, 0.3) is 21.5 Å². The minimum atomic E-state index is -0.0601. The maximum absolute atomic E-state index is 13.2. The Balaban J connectivity index is 1.76. The lowest BCUT2D eigenvalue weighted by molar-refractivity contribution is 0.104. The van der Waals surface area contributed by atoms with Crippen molar-refractivity contribution in [3.05, 3.63) is 68.3 Å². The highest BCUT2D eigenvalue weighted by molar-refractivity contribution is 9.10. The van der Waals surface area contributed by atoms with Gasteiger partial charge in [-0.25, -0.2) is 4.98 Å². The first-order valence-electron chi connectivity index (χ1n) is 9.63. The van der Waals surface area contributed by atoms with Crippen LogP contribution < -0.4 is 5.73 Å². The highest BCUT2D eigenvalue weighted by Crippen LogP contribution is 2.45. The first-order valence-corrected chi connectivity index (χ1v) is 11.2. The Morgan fingerprint density at radius 1 is 1.14 bits per heavy atom. The van der Waals surface area contributed by atoms with Gasteiger partial charge in [-0.15, -0.1) is 11.3 Å². The number of thiophene rings is 1. The van der Waals surface area contributed by atoms with Crippen LogP contribution in [-0.2, 0) is 12.8 Å². The van der Waals surface area contributed by atoms with E-state index in [-0.39, 0.29) is 5.78 Å². The number of halogens is 1. The van der Waals surface area contributed by atoms with E-state index in [0.29, 0.717) is 20.8 Å². The molecular weight excluding hydrogens is 448 g/mol. The Morgan fingerprint density at radius 2 is 1.90 bits per heavy atom. The SMILES string of the molecule is Cc1ccc(C(=O)c2sc3nc4c(c(-c5ccc(Br)o5)c3c2N)CCCC4)cc1. The molecule has 3 aromatic heterocycles. The van der Waals surface area contributed by atoms with Crippen molar-refractivity contribution in [3.8, 4) is 11.3 Å². The summed E-state index contributed by atoms with van der Waals surface area (Å²) < 4.78 is 6.59. The van der Waals surface area contributed by atoms with E-state index >= 15 is 0 Å². The minimum Gasteiger partial charge on any atom is -0.449 e. The molecule has 1 aromatic carbocycles. The van der Waals surface area contributed by atoms with Crippen molar-refractivity contribution >= 4 is 49.0 Å². The molecule has 29 heavy (non-hydrogen) atoms. The summed E-state index contributed by atoms with van der Waals surface area (Å²) >= 11 is 4.79. The van der Waals surface area contributed by atoms with Crippen molar-refractivity contribution in [2.24, 2.45) is 0 Å². The molecular formula is C23H19BrN2O2S. The number of hydrogen-bond acceptors (Lipinski definition) is 5. The lowest BCUT2D eigenvalue weighted by Gasteiger charge is -2.18. The molecule has 4 aromatic rings. The van der Waals surface area contributed by atoms with E-state index < -0.39 is 0 Å². The average molecular weight is 467 g/mol. The normalized spacial score (nSPS) is 13.6. The Morgan fingerprint density at radius 3 is 2.62 bits per heavy atom. The molecule has 0 saturated heterocycles. The van der Waals surface area contributed by atoms with Gasteiger partial charge >= 0.3 is 0 Å². The van der Waals surface area contributed by atoms with E-state index in [0.717, 1.165) is 58.5 Å². The van der Waals surface area contributed by atoms with Crippen molar-refractivity contribution < 1.29 is 9.21 Å². The van der Waals surface area contributed by atoms with Crippen LogP contribution in [0.15, 0.2) is 45.5 Å². The number of nitrogen functional groups attached to an aromatic ring is 1. The van der Waals surface area contributed by atoms with Crippen molar-refractivity contribution in [1.29, 1.82) is 0 Å². The molecule has 0 bridgehead atoms. The Hall–Kier alpha value is -2.44. The zero-order valence-corrected chi connectivity index (χ0v) is 18.3. The van der Waals surface area contributed by atoms with E-state index in [2.05, 4.69) is 15.9 Å². The molecule has 0 unspecified atom stereocenters. The van der Waals surface area contributed by atoms with Gasteiger partial charge in [0.25, 0.3) is 0 Å². The molecule has 146 valence electrons. The number of benzene rings is 1. The predicted molar refractivity (Wildman–Crippen MR) is 121 cm³/mol. The number of pyridine rings is 1. The van der Waals surface area contributed by atoms with Gasteiger partial charge in [-0.2, -0.15) is 0 Å². The van der Waals surface area contributed by atoms with Crippen LogP contribution in [0.2, 0.25) is 0 Å². The van der Waals surface area contributed by atoms with Crippen molar-refractivity contribution in [2.45, 2.75) is 32.6 Å². The number of carbonyl (C=O) groups is 1. The molecule has 1 aliphatic rings. The van der Waals surface area contributed by atoms with Crippen molar-refractivity contribution in [1.82, 2.24) is 4.98 Å². The number of rotatable bonds is 3. The average Bonchev–Trinajstić information content (AvgIpc) is 3.29. The Kier molecular flexibility index (Phi) is 4.56. The summed E-state index contributed by atoms with van der Waals surface area (Å²) in [5.41, 5.74) is 12.1. The summed E-state index contributed by atoms with van der Waals surface area (Å²) in [5.74, 6) is 0.705. The van der Waals surface area contributed by atoms with Gasteiger partial charge in [0.05, 0.1) is 5.69 Å². The van der Waals surface area contributed by atoms with Crippen molar-refractivity contribution in [2.75, 3.05) is 5.73 Å². The summed E-state index contributed by atoms with van der Waals surface area (Å²) in [6.45, 7) is 2.00. The van der Waals surface area contributed by atoms with Gasteiger partial charge in [0, 0.05) is 22.2 Å². The number of furan rings is 1. The number of nitrogens with zero attached hydrogens (tertiary/aromatic N) is 1. The van der Waals surface area contributed by atoms with Crippen LogP contribution in [0.1, 0.15) is 44.9 Å². The standard InChI is InChI=1S/C23H19BrN2O2S/c1-12-6-8-13(9-7-12)21(27)22-20(25)19-18(16-10-11-17(24)28-16)14-4-2-3-5-15(14)26-23(19)29-22/h6-11H,2-5,25H2,1H3. The third kappa shape index (κ3) is 3.11. The predicted octanol–water partition coefficient (Wildman–Crippen LogP) is 6.32. The second-order valence-corrected chi connectivity index (χ2v) is 9.22. The van der Waals surface area contributed by atoms with Gasteiger partial charge in [-0.3, -0.25) is 4.79 Å². The fourth-order valence-corrected chi connectivity index (χ4v) is 5.42. The van der Waals surface area contributed by atoms with E-state index in [1.807, 2.05) is 43.3 Å². The summed E-state index contributed by atoms with van der Waals surface area (Å²) in [6.07, 6.45) is 4.14.